The third kappa shape index (κ3) is 5.21. The first-order chi connectivity index (χ1) is 10.9. The molecule has 0 fully saturated rings. The van der Waals surface area contributed by atoms with Crippen molar-refractivity contribution in [3.8, 4) is 0 Å². The van der Waals surface area contributed by atoms with Gasteiger partial charge in [0.05, 0.1) is 19.4 Å². The van der Waals surface area contributed by atoms with Crippen molar-refractivity contribution >= 4 is 5.91 Å². The molecule has 0 spiro atoms. The smallest absolute Gasteiger partial charge is 0.234 e. The summed E-state index contributed by atoms with van der Waals surface area (Å²) in [5, 5.41) is 6.06. The molecule has 1 amide bonds. The number of halogens is 1. The van der Waals surface area contributed by atoms with Gasteiger partial charge in [0.15, 0.2) is 0 Å². The summed E-state index contributed by atoms with van der Waals surface area (Å²) < 4.78 is 18.3. The van der Waals surface area contributed by atoms with Gasteiger partial charge in [0.2, 0.25) is 5.91 Å². The Bertz CT molecular complexity index is 615. The number of nitrogens with one attached hydrogen (secondary N) is 2. The van der Waals surface area contributed by atoms with E-state index in [1.54, 1.807) is 24.5 Å². The Morgan fingerprint density at radius 1 is 1.22 bits per heavy atom. The minimum absolute atomic E-state index is 0.0579. The lowest BCUT2D eigenvalue weighted by Crippen LogP contribution is -2.39. The zero-order valence-electron chi connectivity index (χ0n) is 13.7. The fraction of sp³-hybridized carbons (Fsp3) is 0.389. The zero-order chi connectivity index (χ0) is 16.9. The van der Waals surface area contributed by atoms with E-state index in [0.29, 0.717) is 12.3 Å². The largest absolute Gasteiger partial charge is 0.467 e. The van der Waals surface area contributed by atoms with Gasteiger partial charge in [0.1, 0.15) is 11.6 Å². The molecule has 1 atom stereocenters. The number of amides is 1. The molecule has 0 aliphatic rings. The molecule has 2 aromatic rings. The van der Waals surface area contributed by atoms with Gasteiger partial charge in [-0.2, -0.15) is 0 Å². The van der Waals surface area contributed by atoms with E-state index >= 15 is 0 Å². The second kappa shape index (κ2) is 7.42. The molecule has 5 heteroatoms. The van der Waals surface area contributed by atoms with E-state index in [9.17, 15) is 9.18 Å². The zero-order valence-corrected chi connectivity index (χ0v) is 13.7. The molecule has 1 aromatic carbocycles. The quantitative estimate of drug-likeness (QED) is 0.858. The summed E-state index contributed by atoms with van der Waals surface area (Å²) in [7, 11) is 0. The van der Waals surface area contributed by atoms with E-state index in [4.69, 9.17) is 4.42 Å². The van der Waals surface area contributed by atoms with Crippen LogP contribution in [0.2, 0.25) is 0 Å². The van der Waals surface area contributed by atoms with E-state index < -0.39 is 0 Å². The molecule has 0 saturated heterocycles. The monoisotopic (exact) mass is 318 g/mol. The first kappa shape index (κ1) is 17.2. The SMILES string of the molecule is CC(C)(C)C(NCC(=O)NCc1ccco1)c1ccc(F)cc1. The lowest BCUT2D eigenvalue weighted by Gasteiger charge is -2.32. The molecule has 2 rings (SSSR count). The van der Waals surface area contributed by atoms with Crippen molar-refractivity contribution in [2.45, 2.75) is 33.4 Å². The fourth-order valence-corrected chi connectivity index (χ4v) is 2.44. The van der Waals surface area contributed by atoms with E-state index in [-0.39, 0.29) is 29.7 Å². The van der Waals surface area contributed by atoms with Crippen molar-refractivity contribution in [1.82, 2.24) is 10.6 Å². The predicted molar refractivity (Wildman–Crippen MR) is 87.2 cm³/mol. The first-order valence-electron chi connectivity index (χ1n) is 7.64. The van der Waals surface area contributed by atoms with E-state index in [1.165, 1.54) is 12.1 Å². The summed E-state index contributed by atoms with van der Waals surface area (Å²) in [5.41, 5.74) is 0.844. The van der Waals surface area contributed by atoms with Crippen LogP contribution >= 0.6 is 0 Å². The van der Waals surface area contributed by atoms with Crippen molar-refractivity contribution in [2.75, 3.05) is 6.54 Å². The highest BCUT2D eigenvalue weighted by Gasteiger charge is 2.26. The molecule has 0 aliphatic heterocycles. The molecule has 0 aliphatic carbocycles. The van der Waals surface area contributed by atoms with Gasteiger partial charge >= 0.3 is 0 Å². The summed E-state index contributed by atoms with van der Waals surface area (Å²) in [4.78, 5) is 12.0. The highest BCUT2D eigenvalue weighted by atomic mass is 19.1. The third-order valence-corrected chi connectivity index (χ3v) is 3.58. The van der Waals surface area contributed by atoms with Gasteiger partial charge in [0.25, 0.3) is 0 Å². The Kier molecular flexibility index (Phi) is 5.55. The average Bonchev–Trinajstić information content (AvgIpc) is 2.99. The summed E-state index contributed by atoms with van der Waals surface area (Å²) in [6.07, 6.45) is 1.57. The Labute approximate surface area is 136 Å². The Morgan fingerprint density at radius 2 is 1.91 bits per heavy atom. The Morgan fingerprint density at radius 3 is 2.48 bits per heavy atom. The highest BCUT2D eigenvalue weighted by Crippen LogP contribution is 2.32. The number of hydrogen-bond donors (Lipinski definition) is 2. The normalized spacial score (nSPS) is 12.9. The van der Waals surface area contributed by atoms with E-state index in [2.05, 4.69) is 31.4 Å². The number of carbonyl (C=O) groups is 1. The summed E-state index contributed by atoms with van der Waals surface area (Å²) in [5.74, 6) is 0.333. The van der Waals surface area contributed by atoms with Gasteiger partial charge in [-0.1, -0.05) is 32.9 Å². The van der Waals surface area contributed by atoms with Crippen LogP contribution in [-0.2, 0) is 11.3 Å². The highest BCUT2D eigenvalue weighted by molar-refractivity contribution is 5.78. The van der Waals surface area contributed by atoms with E-state index in [0.717, 1.165) is 5.56 Å². The van der Waals surface area contributed by atoms with Crippen LogP contribution in [0.3, 0.4) is 0 Å². The molecule has 124 valence electrons. The predicted octanol–water partition coefficient (Wildman–Crippen LogP) is 3.41. The average molecular weight is 318 g/mol. The van der Waals surface area contributed by atoms with Gasteiger partial charge in [0, 0.05) is 6.04 Å². The van der Waals surface area contributed by atoms with Crippen LogP contribution in [0.5, 0.6) is 0 Å². The van der Waals surface area contributed by atoms with Crippen LogP contribution in [-0.4, -0.2) is 12.5 Å². The maximum Gasteiger partial charge on any atom is 0.234 e. The standard InChI is InChI=1S/C18H23FN2O2/c1-18(2,3)17(13-6-8-14(19)9-7-13)21-12-16(22)20-11-15-5-4-10-23-15/h4-10,17,21H,11-12H2,1-3H3,(H,20,22). The molecule has 1 aromatic heterocycles. The number of hydrogen-bond acceptors (Lipinski definition) is 3. The lowest BCUT2D eigenvalue weighted by atomic mass is 9.82. The van der Waals surface area contributed by atoms with Crippen LogP contribution in [0, 0.1) is 11.2 Å². The van der Waals surface area contributed by atoms with Crippen LogP contribution < -0.4 is 10.6 Å². The van der Waals surface area contributed by atoms with Gasteiger partial charge in [-0.15, -0.1) is 0 Å². The summed E-state index contributed by atoms with van der Waals surface area (Å²) in [6.45, 7) is 6.78. The second-order valence-corrected chi connectivity index (χ2v) is 6.59. The van der Waals surface area contributed by atoms with Gasteiger partial charge < -0.3 is 15.1 Å². The number of rotatable bonds is 6. The molecular weight excluding hydrogens is 295 g/mol. The summed E-state index contributed by atoms with van der Waals surface area (Å²) >= 11 is 0. The lowest BCUT2D eigenvalue weighted by molar-refractivity contribution is -0.120. The van der Waals surface area contributed by atoms with Gasteiger partial charge in [-0.25, -0.2) is 4.39 Å². The molecule has 1 unspecified atom stereocenters. The Hall–Kier alpha value is -2.14. The first-order valence-corrected chi connectivity index (χ1v) is 7.64. The maximum atomic E-state index is 13.1. The fourth-order valence-electron chi connectivity index (χ4n) is 2.44. The second-order valence-electron chi connectivity index (χ2n) is 6.59. The topological polar surface area (TPSA) is 54.3 Å². The third-order valence-electron chi connectivity index (χ3n) is 3.58. The van der Waals surface area contributed by atoms with Crippen molar-refractivity contribution in [3.63, 3.8) is 0 Å². The van der Waals surface area contributed by atoms with Crippen LogP contribution in [0.15, 0.2) is 47.1 Å². The minimum atomic E-state index is -0.266. The van der Waals surface area contributed by atoms with Crippen LogP contribution in [0.1, 0.15) is 38.1 Å². The molecule has 0 saturated carbocycles. The van der Waals surface area contributed by atoms with Crippen molar-refractivity contribution < 1.29 is 13.6 Å². The molecule has 2 N–H and O–H groups in total. The van der Waals surface area contributed by atoms with Gasteiger partial charge in [-0.05, 0) is 35.2 Å². The minimum Gasteiger partial charge on any atom is -0.467 e. The molecule has 0 bridgehead atoms. The van der Waals surface area contributed by atoms with Gasteiger partial charge in [-0.3, -0.25) is 4.79 Å². The van der Waals surface area contributed by atoms with Crippen molar-refractivity contribution in [2.24, 2.45) is 5.41 Å². The van der Waals surface area contributed by atoms with Crippen molar-refractivity contribution in [3.05, 3.63) is 59.8 Å². The Balaban J connectivity index is 1.93. The number of furan rings is 1. The molecule has 23 heavy (non-hydrogen) atoms. The molecule has 4 nitrogen and oxygen atoms in total. The van der Waals surface area contributed by atoms with E-state index in [1.807, 2.05) is 6.07 Å². The number of benzene rings is 1. The van der Waals surface area contributed by atoms with Crippen LogP contribution in [0.4, 0.5) is 4.39 Å². The van der Waals surface area contributed by atoms with Crippen molar-refractivity contribution in [1.29, 1.82) is 0 Å². The maximum absolute atomic E-state index is 13.1. The number of carbonyl (C=O) groups excluding carboxylic acids is 1. The van der Waals surface area contributed by atoms with Crippen LogP contribution in [0.25, 0.3) is 0 Å². The molecule has 1 heterocycles. The summed E-state index contributed by atoms with van der Waals surface area (Å²) in [6, 6.07) is 9.91. The molecule has 0 radical (unpaired) electrons. The molecular formula is C18H23FN2O2.